The predicted octanol–water partition coefficient (Wildman–Crippen LogP) is 2.93. The maximum Gasteiger partial charge on any atom is 0.338 e. The molecule has 0 saturated carbocycles. The Kier molecular flexibility index (Phi) is 10.0. The minimum Gasteiger partial charge on any atom is -0.458 e. The Morgan fingerprint density at radius 3 is 1.70 bits per heavy atom. The third kappa shape index (κ3) is 8.74. The highest BCUT2D eigenvalue weighted by molar-refractivity contribution is 5.90. The first-order valence-corrected chi connectivity index (χ1v) is 10.2. The Labute approximate surface area is 191 Å². The van der Waals surface area contributed by atoms with Gasteiger partial charge in [-0.05, 0) is 24.3 Å². The van der Waals surface area contributed by atoms with Crippen molar-refractivity contribution in [2.45, 2.75) is 38.8 Å². The van der Waals surface area contributed by atoms with E-state index in [0.29, 0.717) is 5.56 Å². The number of methoxy groups -OCH3 is 1. The second-order valence-corrected chi connectivity index (χ2v) is 6.93. The number of rotatable bonds is 11. The zero-order valence-corrected chi connectivity index (χ0v) is 18.6. The lowest BCUT2D eigenvalue weighted by Gasteiger charge is -2.28. The summed E-state index contributed by atoms with van der Waals surface area (Å²) in [6.45, 7) is 1.96. The molecule has 2 aromatic carbocycles. The summed E-state index contributed by atoms with van der Waals surface area (Å²) in [4.78, 5) is 48.2. The van der Waals surface area contributed by atoms with Gasteiger partial charge >= 0.3 is 23.9 Å². The second-order valence-electron chi connectivity index (χ2n) is 6.93. The van der Waals surface area contributed by atoms with Crippen molar-refractivity contribution in [2.75, 3.05) is 13.7 Å². The third-order valence-electron chi connectivity index (χ3n) is 4.37. The standard InChI is InChI=1S/C24H26O9/c1-16(25)31-21(15-30-23(27)18-10-6-4-7-11-18)20(14-22(29-3)32-17(2)26)33-24(28)19-12-8-5-9-13-19/h4-13,20-22H,14-15H2,1-3H3/t20-,21+,22?/m0/s1. The first-order chi connectivity index (χ1) is 15.8. The van der Waals surface area contributed by atoms with E-state index in [9.17, 15) is 19.2 Å². The molecule has 0 bridgehead atoms. The van der Waals surface area contributed by atoms with Crippen LogP contribution in [0.15, 0.2) is 60.7 Å². The summed E-state index contributed by atoms with van der Waals surface area (Å²) < 4.78 is 26.4. The SMILES string of the molecule is COC(C[C@H](OC(=O)c1ccccc1)[C@@H](COC(=O)c1ccccc1)OC(C)=O)OC(C)=O. The highest BCUT2D eigenvalue weighted by atomic mass is 16.7. The highest BCUT2D eigenvalue weighted by Gasteiger charge is 2.33. The minimum absolute atomic E-state index is 0.171. The smallest absolute Gasteiger partial charge is 0.338 e. The molecule has 176 valence electrons. The molecular formula is C24H26O9. The van der Waals surface area contributed by atoms with Gasteiger partial charge < -0.3 is 23.7 Å². The van der Waals surface area contributed by atoms with Gasteiger partial charge in [0.15, 0.2) is 6.10 Å². The van der Waals surface area contributed by atoms with E-state index in [1.807, 2.05) is 0 Å². The van der Waals surface area contributed by atoms with Crippen LogP contribution in [0.5, 0.6) is 0 Å². The molecule has 0 radical (unpaired) electrons. The van der Waals surface area contributed by atoms with Crippen LogP contribution in [0, 0.1) is 0 Å². The van der Waals surface area contributed by atoms with Crippen molar-refractivity contribution in [3.8, 4) is 0 Å². The van der Waals surface area contributed by atoms with Crippen molar-refractivity contribution in [1.82, 2.24) is 0 Å². The molecule has 0 spiro atoms. The van der Waals surface area contributed by atoms with Gasteiger partial charge in [-0.25, -0.2) is 9.59 Å². The molecule has 0 aliphatic heterocycles. The molecule has 1 unspecified atom stereocenters. The Bertz CT molecular complexity index is 927. The van der Waals surface area contributed by atoms with E-state index >= 15 is 0 Å². The number of hydrogen-bond acceptors (Lipinski definition) is 9. The quantitative estimate of drug-likeness (QED) is 0.285. The van der Waals surface area contributed by atoms with Crippen molar-refractivity contribution in [2.24, 2.45) is 0 Å². The molecule has 0 N–H and O–H groups in total. The molecule has 0 fully saturated rings. The summed E-state index contributed by atoms with van der Waals surface area (Å²) >= 11 is 0. The molecule has 9 nitrogen and oxygen atoms in total. The molecule has 3 atom stereocenters. The zero-order chi connectivity index (χ0) is 24.2. The van der Waals surface area contributed by atoms with Crippen LogP contribution < -0.4 is 0 Å². The number of ether oxygens (including phenoxy) is 5. The molecular weight excluding hydrogens is 432 g/mol. The number of esters is 4. The number of hydrogen-bond donors (Lipinski definition) is 0. The van der Waals surface area contributed by atoms with Crippen molar-refractivity contribution >= 4 is 23.9 Å². The monoisotopic (exact) mass is 458 g/mol. The summed E-state index contributed by atoms with van der Waals surface area (Å²) in [5, 5.41) is 0. The largest absolute Gasteiger partial charge is 0.458 e. The Balaban J connectivity index is 2.24. The maximum absolute atomic E-state index is 12.7. The van der Waals surface area contributed by atoms with Gasteiger partial charge in [0.2, 0.25) is 6.29 Å². The van der Waals surface area contributed by atoms with Crippen LogP contribution in [-0.4, -0.2) is 56.1 Å². The van der Waals surface area contributed by atoms with E-state index in [2.05, 4.69) is 0 Å². The first-order valence-electron chi connectivity index (χ1n) is 10.2. The average molecular weight is 458 g/mol. The van der Waals surface area contributed by atoms with Crippen LogP contribution in [-0.2, 0) is 33.3 Å². The molecule has 0 aliphatic carbocycles. The zero-order valence-electron chi connectivity index (χ0n) is 18.6. The summed E-state index contributed by atoms with van der Waals surface area (Å²) in [7, 11) is 1.31. The Morgan fingerprint density at radius 1 is 0.697 bits per heavy atom. The number of carbonyl (C=O) groups excluding carboxylic acids is 4. The van der Waals surface area contributed by atoms with Gasteiger partial charge in [0, 0.05) is 21.0 Å². The van der Waals surface area contributed by atoms with E-state index in [-0.39, 0.29) is 12.0 Å². The minimum atomic E-state index is -1.18. The van der Waals surface area contributed by atoms with Gasteiger partial charge in [-0.3, -0.25) is 9.59 Å². The number of carbonyl (C=O) groups is 4. The maximum atomic E-state index is 12.7. The third-order valence-corrected chi connectivity index (χ3v) is 4.37. The lowest BCUT2D eigenvalue weighted by atomic mass is 10.1. The highest BCUT2D eigenvalue weighted by Crippen LogP contribution is 2.18. The van der Waals surface area contributed by atoms with Crippen molar-refractivity contribution in [1.29, 1.82) is 0 Å². The van der Waals surface area contributed by atoms with Gasteiger partial charge in [-0.1, -0.05) is 36.4 Å². The average Bonchev–Trinajstić information content (AvgIpc) is 2.81. The van der Waals surface area contributed by atoms with E-state index in [1.54, 1.807) is 60.7 Å². The lowest BCUT2D eigenvalue weighted by Crippen LogP contribution is -2.42. The summed E-state index contributed by atoms with van der Waals surface area (Å²) in [5.41, 5.74) is 0.554. The van der Waals surface area contributed by atoms with E-state index in [1.165, 1.54) is 21.0 Å². The topological polar surface area (TPSA) is 114 Å². The second kappa shape index (κ2) is 13.0. The molecule has 0 saturated heterocycles. The van der Waals surface area contributed by atoms with Crippen LogP contribution in [0.1, 0.15) is 41.0 Å². The van der Waals surface area contributed by atoms with E-state index in [0.717, 1.165) is 0 Å². The Morgan fingerprint density at radius 2 is 1.21 bits per heavy atom. The van der Waals surface area contributed by atoms with Gasteiger partial charge in [0.25, 0.3) is 0 Å². The summed E-state index contributed by atoms with van der Waals surface area (Å²) in [6.07, 6.45) is -3.61. The molecule has 0 heterocycles. The molecule has 9 heteroatoms. The van der Waals surface area contributed by atoms with Gasteiger partial charge in [-0.15, -0.1) is 0 Å². The van der Waals surface area contributed by atoms with Crippen LogP contribution in [0.3, 0.4) is 0 Å². The van der Waals surface area contributed by atoms with Gasteiger partial charge in [0.05, 0.1) is 17.5 Å². The fourth-order valence-electron chi connectivity index (χ4n) is 2.87. The molecule has 2 rings (SSSR count). The fourth-order valence-corrected chi connectivity index (χ4v) is 2.87. The summed E-state index contributed by atoms with van der Waals surface area (Å²) in [6, 6.07) is 16.4. The molecule has 33 heavy (non-hydrogen) atoms. The molecule has 0 amide bonds. The van der Waals surface area contributed by atoms with Crippen molar-refractivity contribution < 1.29 is 42.9 Å². The van der Waals surface area contributed by atoms with Crippen molar-refractivity contribution in [3.05, 3.63) is 71.8 Å². The predicted molar refractivity (Wildman–Crippen MR) is 115 cm³/mol. The van der Waals surface area contributed by atoms with Crippen molar-refractivity contribution in [3.63, 3.8) is 0 Å². The Hall–Kier alpha value is -3.72. The fraction of sp³-hybridized carbons (Fsp3) is 0.333. The van der Waals surface area contributed by atoms with E-state index in [4.69, 9.17) is 23.7 Å². The molecule has 0 aliphatic rings. The normalized spacial score (nSPS) is 13.2. The lowest BCUT2D eigenvalue weighted by molar-refractivity contribution is -0.184. The number of benzene rings is 2. The van der Waals surface area contributed by atoms with E-state index < -0.39 is 49.0 Å². The first kappa shape index (κ1) is 25.5. The van der Waals surface area contributed by atoms with Gasteiger partial charge in [0.1, 0.15) is 12.7 Å². The van der Waals surface area contributed by atoms with Crippen LogP contribution in [0.25, 0.3) is 0 Å². The molecule has 0 aromatic heterocycles. The van der Waals surface area contributed by atoms with Gasteiger partial charge in [-0.2, -0.15) is 0 Å². The van der Waals surface area contributed by atoms with Crippen LogP contribution in [0.4, 0.5) is 0 Å². The summed E-state index contributed by atoms with van der Waals surface area (Å²) in [5.74, 6) is -2.65. The van der Waals surface area contributed by atoms with Crippen LogP contribution >= 0.6 is 0 Å². The van der Waals surface area contributed by atoms with Crippen LogP contribution in [0.2, 0.25) is 0 Å². The molecule has 2 aromatic rings.